The number of benzene rings is 1. The Morgan fingerprint density at radius 2 is 2.05 bits per heavy atom. The smallest absolute Gasteiger partial charge is 0.325 e. The highest BCUT2D eigenvalue weighted by Crippen LogP contribution is 2.17. The molecule has 0 atom stereocenters. The molecule has 0 unspecified atom stereocenters. The van der Waals surface area contributed by atoms with E-state index >= 15 is 0 Å². The van der Waals surface area contributed by atoms with E-state index in [4.69, 9.17) is 4.74 Å². The van der Waals surface area contributed by atoms with Crippen LogP contribution in [0.3, 0.4) is 0 Å². The second-order valence-electron chi connectivity index (χ2n) is 3.97. The molecule has 1 amide bonds. The van der Waals surface area contributed by atoms with Crippen LogP contribution in [0.1, 0.15) is 6.92 Å². The van der Waals surface area contributed by atoms with E-state index in [1.54, 1.807) is 13.0 Å². The van der Waals surface area contributed by atoms with Gasteiger partial charge < -0.3 is 9.64 Å². The van der Waals surface area contributed by atoms with Crippen LogP contribution in [0.25, 0.3) is 0 Å². The Hall–Kier alpha value is -1.75. The predicted molar refractivity (Wildman–Crippen MR) is 80.6 cm³/mol. The van der Waals surface area contributed by atoms with Gasteiger partial charge in [0.2, 0.25) is 5.91 Å². The Labute approximate surface area is 123 Å². The van der Waals surface area contributed by atoms with Crippen LogP contribution in [0.5, 0.6) is 0 Å². The summed E-state index contributed by atoms with van der Waals surface area (Å²) in [5, 5.41) is 0. The quantitative estimate of drug-likeness (QED) is 0.419. The number of hydrogen-bond acceptors (Lipinski definition) is 4. The van der Waals surface area contributed by atoms with Crippen LogP contribution >= 0.6 is 11.8 Å². The normalized spacial score (nSPS) is 9.85. The molecule has 0 fully saturated rings. The fraction of sp³-hybridized carbons (Fsp3) is 0.333. The summed E-state index contributed by atoms with van der Waals surface area (Å²) in [6.07, 6.45) is 1.60. The third kappa shape index (κ3) is 5.93. The molecule has 1 rings (SSSR count). The molecule has 0 bridgehead atoms. The van der Waals surface area contributed by atoms with Gasteiger partial charge in [0.15, 0.2) is 0 Å². The lowest BCUT2D eigenvalue weighted by Crippen LogP contribution is -2.37. The molecule has 0 spiro atoms. The number of nitrogens with zero attached hydrogens (tertiary/aromatic N) is 1. The number of thioether (sulfide) groups is 1. The number of carbonyl (C=O) groups excluding carboxylic acids is 2. The maximum Gasteiger partial charge on any atom is 0.325 e. The Kier molecular flexibility index (Phi) is 7.50. The summed E-state index contributed by atoms with van der Waals surface area (Å²) >= 11 is 1.45. The average Bonchev–Trinajstić information content (AvgIpc) is 2.45. The molecule has 1 aromatic carbocycles. The van der Waals surface area contributed by atoms with Crippen LogP contribution in [-0.4, -0.2) is 42.2 Å². The number of carbonyl (C=O) groups is 2. The average molecular weight is 293 g/mol. The molecule has 5 heteroatoms. The molecule has 0 N–H and O–H groups in total. The van der Waals surface area contributed by atoms with Gasteiger partial charge in [-0.3, -0.25) is 9.59 Å². The fourth-order valence-corrected chi connectivity index (χ4v) is 2.35. The summed E-state index contributed by atoms with van der Waals surface area (Å²) in [4.78, 5) is 26.0. The van der Waals surface area contributed by atoms with E-state index in [-0.39, 0.29) is 18.2 Å². The molecule has 0 saturated carbocycles. The highest BCUT2D eigenvalue weighted by molar-refractivity contribution is 8.00. The van der Waals surface area contributed by atoms with E-state index in [1.807, 2.05) is 30.3 Å². The van der Waals surface area contributed by atoms with Crippen LogP contribution in [0.15, 0.2) is 47.9 Å². The van der Waals surface area contributed by atoms with Crippen LogP contribution in [0.4, 0.5) is 0 Å². The topological polar surface area (TPSA) is 46.6 Å². The summed E-state index contributed by atoms with van der Waals surface area (Å²) < 4.78 is 4.86. The summed E-state index contributed by atoms with van der Waals surface area (Å²) in [6.45, 7) is 5.96. The van der Waals surface area contributed by atoms with E-state index in [9.17, 15) is 9.59 Å². The first-order valence-corrected chi connectivity index (χ1v) is 7.38. The Morgan fingerprint density at radius 1 is 1.35 bits per heavy atom. The first-order chi connectivity index (χ1) is 9.67. The summed E-state index contributed by atoms with van der Waals surface area (Å²) in [5.74, 6) is -0.212. The highest BCUT2D eigenvalue weighted by Gasteiger charge is 2.16. The molecule has 0 aliphatic heterocycles. The molecule has 20 heavy (non-hydrogen) atoms. The summed E-state index contributed by atoms with van der Waals surface area (Å²) in [5.41, 5.74) is 0. The number of rotatable bonds is 8. The van der Waals surface area contributed by atoms with Gasteiger partial charge in [0, 0.05) is 11.4 Å². The van der Waals surface area contributed by atoms with Crippen molar-refractivity contribution in [2.45, 2.75) is 11.8 Å². The van der Waals surface area contributed by atoms with E-state index in [2.05, 4.69) is 6.58 Å². The zero-order valence-electron chi connectivity index (χ0n) is 11.6. The molecule has 0 aromatic heterocycles. The molecule has 0 aliphatic carbocycles. The maximum atomic E-state index is 12.1. The lowest BCUT2D eigenvalue weighted by molar-refractivity contribution is -0.147. The zero-order valence-corrected chi connectivity index (χ0v) is 12.4. The van der Waals surface area contributed by atoms with Crippen molar-refractivity contribution in [1.29, 1.82) is 0 Å². The van der Waals surface area contributed by atoms with Gasteiger partial charge in [-0.05, 0) is 19.1 Å². The van der Waals surface area contributed by atoms with Gasteiger partial charge in [-0.15, -0.1) is 18.3 Å². The number of amides is 1. The molecule has 4 nitrogen and oxygen atoms in total. The Balaban J connectivity index is 2.51. The fourth-order valence-electron chi connectivity index (χ4n) is 1.53. The summed E-state index contributed by atoms with van der Waals surface area (Å²) in [6, 6.07) is 9.67. The molecule has 0 heterocycles. The third-order valence-electron chi connectivity index (χ3n) is 2.43. The first kappa shape index (κ1) is 16.3. The van der Waals surface area contributed by atoms with E-state index < -0.39 is 5.97 Å². The maximum absolute atomic E-state index is 12.1. The van der Waals surface area contributed by atoms with Crippen LogP contribution < -0.4 is 0 Å². The van der Waals surface area contributed by atoms with Crippen molar-refractivity contribution < 1.29 is 14.3 Å². The lowest BCUT2D eigenvalue weighted by atomic mass is 10.4. The zero-order chi connectivity index (χ0) is 14.8. The van der Waals surface area contributed by atoms with Crippen molar-refractivity contribution in [2.24, 2.45) is 0 Å². The molecule has 0 aliphatic rings. The summed E-state index contributed by atoms with van der Waals surface area (Å²) in [7, 11) is 0. The van der Waals surface area contributed by atoms with E-state index in [1.165, 1.54) is 16.7 Å². The minimum Gasteiger partial charge on any atom is -0.465 e. The monoisotopic (exact) mass is 293 g/mol. The van der Waals surface area contributed by atoms with Crippen molar-refractivity contribution in [3.63, 3.8) is 0 Å². The molecule has 108 valence electrons. The SMILES string of the molecule is C=CCN(CC(=O)OCC)C(=O)CSc1ccccc1. The minimum absolute atomic E-state index is 0.0337. The molecular formula is C15H19NO3S. The van der Waals surface area contributed by atoms with E-state index in [0.717, 1.165) is 4.90 Å². The van der Waals surface area contributed by atoms with Crippen molar-refractivity contribution >= 4 is 23.6 Å². The highest BCUT2D eigenvalue weighted by atomic mass is 32.2. The predicted octanol–water partition coefficient (Wildman–Crippen LogP) is 2.36. The van der Waals surface area contributed by atoms with Crippen molar-refractivity contribution in [1.82, 2.24) is 4.90 Å². The second kappa shape index (κ2) is 9.20. The number of esters is 1. The second-order valence-corrected chi connectivity index (χ2v) is 5.02. The molecule has 0 saturated heterocycles. The van der Waals surface area contributed by atoms with Gasteiger partial charge in [-0.2, -0.15) is 0 Å². The van der Waals surface area contributed by atoms with Crippen molar-refractivity contribution in [2.75, 3.05) is 25.4 Å². The minimum atomic E-state index is -0.396. The number of hydrogen-bond donors (Lipinski definition) is 0. The van der Waals surface area contributed by atoms with Crippen LogP contribution in [-0.2, 0) is 14.3 Å². The molecule has 0 radical (unpaired) electrons. The van der Waals surface area contributed by atoms with Gasteiger partial charge in [0.05, 0.1) is 12.4 Å². The van der Waals surface area contributed by atoms with Gasteiger partial charge in [0.25, 0.3) is 0 Å². The van der Waals surface area contributed by atoms with Crippen molar-refractivity contribution in [3.8, 4) is 0 Å². The number of ether oxygens (including phenoxy) is 1. The Morgan fingerprint density at radius 3 is 2.65 bits per heavy atom. The lowest BCUT2D eigenvalue weighted by Gasteiger charge is -2.19. The van der Waals surface area contributed by atoms with Crippen LogP contribution in [0.2, 0.25) is 0 Å². The van der Waals surface area contributed by atoms with Crippen LogP contribution in [0, 0.1) is 0 Å². The van der Waals surface area contributed by atoms with Gasteiger partial charge in [-0.1, -0.05) is 24.3 Å². The third-order valence-corrected chi connectivity index (χ3v) is 3.43. The Bertz CT molecular complexity index is 448. The first-order valence-electron chi connectivity index (χ1n) is 6.39. The molecule has 1 aromatic rings. The van der Waals surface area contributed by atoms with Gasteiger partial charge >= 0.3 is 5.97 Å². The standard InChI is InChI=1S/C15H19NO3S/c1-3-10-16(11-15(18)19-4-2)14(17)12-20-13-8-6-5-7-9-13/h3,5-9H,1,4,10-12H2,2H3. The molecular weight excluding hydrogens is 274 g/mol. The largest absolute Gasteiger partial charge is 0.465 e. The van der Waals surface area contributed by atoms with Gasteiger partial charge in [-0.25, -0.2) is 0 Å². The van der Waals surface area contributed by atoms with E-state index in [0.29, 0.717) is 13.2 Å². The van der Waals surface area contributed by atoms with Gasteiger partial charge in [0.1, 0.15) is 6.54 Å². The van der Waals surface area contributed by atoms with Crippen molar-refractivity contribution in [3.05, 3.63) is 43.0 Å².